The van der Waals surface area contributed by atoms with E-state index in [0.29, 0.717) is 0 Å². The smallest absolute Gasteiger partial charge is 0.0316 e. The van der Waals surface area contributed by atoms with Crippen LogP contribution in [0.2, 0.25) is 0 Å². The molecule has 0 aromatic rings. The molecule has 0 aliphatic carbocycles. The molecular weight excluding hydrogens is 146 g/mol. The van der Waals surface area contributed by atoms with Gasteiger partial charge < -0.3 is 0 Å². The Hall–Kier alpha value is -1.11. The van der Waals surface area contributed by atoms with Crippen LogP contribution in [0, 0.1) is 0 Å². The molecule has 0 radical (unpaired) electrons. The number of hydrogen-bond donors (Lipinski definition) is 0. The Bertz CT molecular complexity index is 229. The highest BCUT2D eigenvalue weighted by atomic mass is 14.7. The minimum absolute atomic E-state index is 1.05. The van der Waals surface area contributed by atoms with E-state index in [-0.39, 0.29) is 0 Å². The lowest BCUT2D eigenvalue weighted by molar-refractivity contribution is 1.42. The van der Waals surface area contributed by atoms with Gasteiger partial charge in [-0.3, -0.25) is 4.99 Å². The number of nitrogens with zero attached hydrogens (tertiary/aromatic N) is 1. The summed E-state index contributed by atoms with van der Waals surface area (Å²) in [4.78, 5) is 4.05. The van der Waals surface area contributed by atoms with Gasteiger partial charge in [-0.2, -0.15) is 0 Å². The largest absolute Gasteiger partial charge is 0.293 e. The molecule has 66 valence electrons. The van der Waals surface area contributed by atoms with Crippen LogP contribution < -0.4 is 0 Å². The zero-order chi connectivity index (χ0) is 9.40. The fraction of sp³-hybridized carbons (Fsp3) is 0.364. The zero-order valence-electron chi connectivity index (χ0n) is 8.33. The maximum absolute atomic E-state index is 4.05. The van der Waals surface area contributed by atoms with Gasteiger partial charge in [0.15, 0.2) is 0 Å². The summed E-state index contributed by atoms with van der Waals surface area (Å²) >= 11 is 0. The molecule has 0 aliphatic rings. The lowest BCUT2D eigenvalue weighted by Crippen LogP contribution is -1.84. The molecule has 0 atom stereocenters. The van der Waals surface area contributed by atoms with E-state index in [2.05, 4.69) is 24.1 Å². The second kappa shape index (κ2) is 6.59. The SMILES string of the molecule is C\C=C/C=C\C(C)=C\C(C)=N/C. The van der Waals surface area contributed by atoms with E-state index < -0.39 is 0 Å². The van der Waals surface area contributed by atoms with Crippen molar-refractivity contribution in [2.24, 2.45) is 4.99 Å². The van der Waals surface area contributed by atoms with Gasteiger partial charge in [-0.1, -0.05) is 24.3 Å². The molecule has 1 heteroatoms. The average Bonchev–Trinajstić information content (AvgIpc) is 2.05. The molecule has 0 spiro atoms. The molecule has 12 heavy (non-hydrogen) atoms. The van der Waals surface area contributed by atoms with Gasteiger partial charge in [0.05, 0.1) is 0 Å². The third kappa shape index (κ3) is 5.66. The lowest BCUT2D eigenvalue weighted by Gasteiger charge is -1.90. The first-order valence-corrected chi connectivity index (χ1v) is 4.11. The van der Waals surface area contributed by atoms with Crippen LogP contribution in [0.1, 0.15) is 20.8 Å². The van der Waals surface area contributed by atoms with Gasteiger partial charge in [0, 0.05) is 12.8 Å². The third-order valence-electron chi connectivity index (χ3n) is 1.45. The second-order valence-electron chi connectivity index (χ2n) is 2.64. The van der Waals surface area contributed by atoms with Crippen LogP contribution in [-0.4, -0.2) is 12.8 Å². The minimum Gasteiger partial charge on any atom is -0.293 e. The van der Waals surface area contributed by atoms with Crippen molar-refractivity contribution < 1.29 is 0 Å². The number of hydrogen-bond acceptors (Lipinski definition) is 1. The van der Waals surface area contributed by atoms with E-state index in [1.165, 1.54) is 5.57 Å². The van der Waals surface area contributed by atoms with E-state index >= 15 is 0 Å². The van der Waals surface area contributed by atoms with Crippen molar-refractivity contribution in [1.29, 1.82) is 0 Å². The normalized spacial score (nSPS) is 15.0. The lowest BCUT2D eigenvalue weighted by atomic mass is 10.2. The van der Waals surface area contributed by atoms with Gasteiger partial charge in [0.25, 0.3) is 0 Å². The predicted molar refractivity (Wildman–Crippen MR) is 56.7 cm³/mol. The van der Waals surface area contributed by atoms with Gasteiger partial charge in [-0.25, -0.2) is 0 Å². The highest BCUT2D eigenvalue weighted by molar-refractivity contribution is 5.93. The van der Waals surface area contributed by atoms with Crippen molar-refractivity contribution in [1.82, 2.24) is 0 Å². The van der Waals surface area contributed by atoms with Gasteiger partial charge in [0.1, 0.15) is 0 Å². The second-order valence-corrected chi connectivity index (χ2v) is 2.64. The van der Waals surface area contributed by atoms with Crippen molar-refractivity contribution in [3.8, 4) is 0 Å². The van der Waals surface area contributed by atoms with Crippen LogP contribution in [0.3, 0.4) is 0 Å². The van der Waals surface area contributed by atoms with Crippen molar-refractivity contribution in [2.75, 3.05) is 7.05 Å². The van der Waals surface area contributed by atoms with Gasteiger partial charge in [-0.05, 0) is 32.4 Å². The van der Waals surface area contributed by atoms with Gasteiger partial charge in [-0.15, -0.1) is 0 Å². The number of allylic oxidation sites excluding steroid dienone is 6. The van der Waals surface area contributed by atoms with Gasteiger partial charge in [0.2, 0.25) is 0 Å². The summed E-state index contributed by atoms with van der Waals surface area (Å²) in [5.41, 5.74) is 2.27. The third-order valence-corrected chi connectivity index (χ3v) is 1.45. The Morgan fingerprint density at radius 3 is 2.33 bits per heavy atom. The quantitative estimate of drug-likeness (QED) is 0.447. The summed E-state index contributed by atoms with van der Waals surface area (Å²) in [6, 6.07) is 0. The first-order chi connectivity index (χ1) is 5.70. The number of rotatable bonds is 3. The Labute approximate surface area is 75.2 Å². The summed E-state index contributed by atoms with van der Waals surface area (Å²) in [6.45, 7) is 6.06. The molecule has 0 heterocycles. The Balaban J connectivity index is 4.20. The van der Waals surface area contributed by atoms with Crippen molar-refractivity contribution in [3.05, 3.63) is 36.0 Å². The first kappa shape index (κ1) is 10.9. The molecule has 0 saturated heterocycles. The molecule has 0 fully saturated rings. The summed E-state index contributed by atoms with van der Waals surface area (Å²) in [6.07, 6.45) is 10.2. The minimum atomic E-state index is 1.05. The van der Waals surface area contributed by atoms with Crippen LogP contribution in [0.25, 0.3) is 0 Å². The molecule has 0 amide bonds. The molecule has 0 N–H and O–H groups in total. The van der Waals surface area contributed by atoms with E-state index in [1.807, 2.05) is 32.1 Å². The van der Waals surface area contributed by atoms with Crippen LogP contribution in [0.5, 0.6) is 0 Å². The molecule has 1 nitrogen and oxygen atoms in total. The van der Waals surface area contributed by atoms with E-state index in [4.69, 9.17) is 0 Å². The Morgan fingerprint density at radius 2 is 1.83 bits per heavy atom. The molecule has 0 unspecified atom stereocenters. The highest BCUT2D eigenvalue weighted by Gasteiger charge is 1.82. The van der Waals surface area contributed by atoms with E-state index in [0.717, 1.165) is 5.71 Å². The fourth-order valence-corrected chi connectivity index (χ4v) is 0.761. The van der Waals surface area contributed by atoms with Crippen LogP contribution in [0.4, 0.5) is 0 Å². The van der Waals surface area contributed by atoms with Gasteiger partial charge >= 0.3 is 0 Å². The number of aliphatic imine (C=N–C) groups is 1. The maximum atomic E-state index is 4.05. The fourth-order valence-electron chi connectivity index (χ4n) is 0.761. The molecule has 0 aliphatic heterocycles. The first-order valence-electron chi connectivity index (χ1n) is 4.11. The standard InChI is InChI=1S/C11H17N/c1-5-6-7-8-10(2)9-11(3)12-4/h5-9H,1-4H3/b6-5-,8-7-,10-9+,12-11-. The monoisotopic (exact) mass is 163 g/mol. The zero-order valence-corrected chi connectivity index (χ0v) is 8.33. The summed E-state index contributed by atoms with van der Waals surface area (Å²) in [5.74, 6) is 0. The van der Waals surface area contributed by atoms with Crippen molar-refractivity contribution in [3.63, 3.8) is 0 Å². The van der Waals surface area contributed by atoms with Crippen LogP contribution in [-0.2, 0) is 0 Å². The van der Waals surface area contributed by atoms with E-state index in [9.17, 15) is 0 Å². The van der Waals surface area contributed by atoms with Crippen LogP contribution in [0.15, 0.2) is 40.9 Å². The summed E-state index contributed by atoms with van der Waals surface area (Å²) < 4.78 is 0. The average molecular weight is 163 g/mol. The topological polar surface area (TPSA) is 12.4 Å². The molecule has 0 aromatic heterocycles. The van der Waals surface area contributed by atoms with Crippen molar-refractivity contribution in [2.45, 2.75) is 20.8 Å². The van der Waals surface area contributed by atoms with Crippen LogP contribution >= 0.6 is 0 Å². The highest BCUT2D eigenvalue weighted by Crippen LogP contribution is 1.96. The summed E-state index contributed by atoms with van der Waals surface area (Å²) in [5, 5.41) is 0. The van der Waals surface area contributed by atoms with Crippen molar-refractivity contribution >= 4 is 5.71 Å². The molecule has 0 aromatic carbocycles. The Morgan fingerprint density at radius 1 is 1.17 bits per heavy atom. The van der Waals surface area contributed by atoms with E-state index in [1.54, 1.807) is 7.05 Å². The molecule has 0 saturated carbocycles. The summed E-state index contributed by atoms with van der Waals surface area (Å²) in [7, 11) is 1.80. The molecule has 0 bridgehead atoms. The predicted octanol–water partition coefficient (Wildman–Crippen LogP) is 3.16. The maximum Gasteiger partial charge on any atom is 0.0316 e. The molecule has 0 rings (SSSR count). The Kier molecular flexibility index (Phi) is 5.98. The molecular formula is C11H17N.